The highest BCUT2D eigenvalue weighted by Gasteiger charge is 2.09. The SMILES string of the molecule is CC1=CNNC2=C1C=CC=CC2. The molecule has 62 valence electrons. The lowest BCUT2D eigenvalue weighted by Crippen LogP contribution is -2.30. The molecule has 0 aromatic heterocycles. The first-order valence-corrected chi connectivity index (χ1v) is 4.13. The summed E-state index contributed by atoms with van der Waals surface area (Å²) in [4.78, 5) is 0. The summed E-state index contributed by atoms with van der Waals surface area (Å²) in [6, 6.07) is 0. The fraction of sp³-hybridized carbons (Fsp3) is 0.200. The maximum absolute atomic E-state index is 3.14. The normalized spacial score (nSPS) is 20.6. The van der Waals surface area contributed by atoms with Crippen LogP contribution in [0.1, 0.15) is 13.3 Å². The molecule has 2 nitrogen and oxygen atoms in total. The average Bonchev–Trinajstić information content (AvgIpc) is 2.30. The minimum atomic E-state index is 0.973. The summed E-state index contributed by atoms with van der Waals surface area (Å²) in [5.74, 6) is 0. The minimum absolute atomic E-state index is 0.973. The van der Waals surface area contributed by atoms with Crippen molar-refractivity contribution in [2.75, 3.05) is 0 Å². The zero-order valence-corrected chi connectivity index (χ0v) is 7.09. The van der Waals surface area contributed by atoms with Crippen LogP contribution in [0.5, 0.6) is 0 Å². The van der Waals surface area contributed by atoms with Gasteiger partial charge < -0.3 is 10.9 Å². The molecule has 0 radical (unpaired) electrons. The highest BCUT2D eigenvalue weighted by Crippen LogP contribution is 2.20. The van der Waals surface area contributed by atoms with E-state index in [1.807, 2.05) is 6.20 Å². The molecule has 2 heteroatoms. The summed E-state index contributed by atoms with van der Waals surface area (Å²) in [6.45, 7) is 2.11. The van der Waals surface area contributed by atoms with Gasteiger partial charge in [-0.25, -0.2) is 0 Å². The van der Waals surface area contributed by atoms with Gasteiger partial charge in [0.2, 0.25) is 0 Å². The highest BCUT2D eigenvalue weighted by molar-refractivity contribution is 5.46. The zero-order valence-electron chi connectivity index (χ0n) is 7.09. The van der Waals surface area contributed by atoms with E-state index in [1.54, 1.807) is 0 Å². The second-order valence-electron chi connectivity index (χ2n) is 2.98. The number of nitrogens with one attached hydrogen (secondary N) is 2. The third kappa shape index (κ3) is 1.16. The van der Waals surface area contributed by atoms with Gasteiger partial charge in [0.15, 0.2) is 0 Å². The van der Waals surface area contributed by atoms with E-state index in [-0.39, 0.29) is 0 Å². The largest absolute Gasteiger partial charge is 0.308 e. The summed E-state index contributed by atoms with van der Waals surface area (Å²) in [6.07, 6.45) is 11.4. The van der Waals surface area contributed by atoms with Crippen molar-refractivity contribution >= 4 is 0 Å². The van der Waals surface area contributed by atoms with Crippen LogP contribution in [0.25, 0.3) is 0 Å². The Morgan fingerprint density at radius 2 is 2.25 bits per heavy atom. The Balaban J connectivity index is 2.40. The lowest BCUT2D eigenvalue weighted by molar-refractivity contribution is 0.687. The van der Waals surface area contributed by atoms with Crippen LogP contribution < -0.4 is 10.9 Å². The Hall–Kier alpha value is -1.44. The van der Waals surface area contributed by atoms with Gasteiger partial charge in [-0.2, -0.15) is 0 Å². The van der Waals surface area contributed by atoms with Crippen molar-refractivity contribution in [3.63, 3.8) is 0 Å². The second-order valence-corrected chi connectivity index (χ2v) is 2.98. The average molecular weight is 160 g/mol. The molecule has 1 aliphatic carbocycles. The molecule has 0 spiro atoms. The molecule has 2 N–H and O–H groups in total. The first-order chi connectivity index (χ1) is 5.88. The van der Waals surface area contributed by atoms with Crippen LogP contribution >= 0.6 is 0 Å². The van der Waals surface area contributed by atoms with E-state index in [1.165, 1.54) is 16.8 Å². The molecule has 0 unspecified atom stereocenters. The van der Waals surface area contributed by atoms with Gasteiger partial charge in [-0.15, -0.1) is 0 Å². The maximum atomic E-state index is 3.14. The van der Waals surface area contributed by atoms with E-state index in [0.29, 0.717) is 0 Å². The van der Waals surface area contributed by atoms with Gasteiger partial charge in [0, 0.05) is 18.3 Å². The molecule has 0 aromatic carbocycles. The molecular weight excluding hydrogens is 148 g/mol. The fourth-order valence-corrected chi connectivity index (χ4v) is 1.42. The van der Waals surface area contributed by atoms with Crippen LogP contribution in [0, 0.1) is 0 Å². The minimum Gasteiger partial charge on any atom is -0.308 e. The van der Waals surface area contributed by atoms with Gasteiger partial charge in [-0.3, -0.25) is 0 Å². The molecule has 2 aliphatic rings. The molecule has 0 bridgehead atoms. The monoisotopic (exact) mass is 160 g/mol. The fourth-order valence-electron chi connectivity index (χ4n) is 1.42. The quantitative estimate of drug-likeness (QED) is 0.564. The molecule has 1 aliphatic heterocycles. The van der Waals surface area contributed by atoms with Crippen LogP contribution in [0.15, 0.2) is 47.3 Å². The molecule has 2 rings (SSSR count). The Morgan fingerprint density at radius 1 is 1.33 bits per heavy atom. The number of rotatable bonds is 0. The summed E-state index contributed by atoms with van der Waals surface area (Å²) in [5.41, 5.74) is 10.0. The Morgan fingerprint density at radius 3 is 3.17 bits per heavy atom. The Labute approximate surface area is 72.3 Å². The summed E-state index contributed by atoms with van der Waals surface area (Å²) >= 11 is 0. The van der Waals surface area contributed by atoms with Crippen molar-refractivity contribution in [2.24, 2.45) is 0 Å². The van der Waals surface area contributed by atoms with Gasteiger partial charge >= 0.3 is 0 Å². The van der Waals surface area contributed by atoms with Crippen molar-refractivity contribution in [2.45, 2.75) is 13.3 Å². The van der Waals surface area contributed by atoms with Gasteiger partial charge in [-0.05, 0) is 18.1 Å². The van der Waals surface area contributed by atoms with Crippen LogP contribution in [0.2, 0.25) is 0 Å². The van der Waals surface area contributed by atoms with Crippen molar-refractivity contribution in [3.8, 4) is 0 Å². The van der Waals surface area contributed by atoms with E-state index in [2.05, 4.69) is 42.1 Å². The highest BCUT2D eigenvalue weighted by atomic mass is 15.4. The van der Waals surface area contributed by atoms with Crippen LogP contribution in [0.3, 0.4) is 0 Å². The van der Waals surface area contributed by atoms with Crippen LogP contribution in [-0.4, -0.2) is 0 Å². The van der Waals surface area contributed by atoms with E-state index >= 15 is 0 Å². The standard InChI is InChI=1S/C10H12N2/c1-8-7-11-12-10-6-4-2-3-5-9(8)10/h2-5,7,11-12H,6H2,1H3. The molecule has 0 saturated carbocycles. The lowest BCUT2D eigenvalue weighted by Gasteiger charge is -2.19. The van der Waals surface area contributed by atoms with Crippen molar-refractivity contribution in [3.05, 3.63) is 47.3 Å². The number of allylic oxidation sites excluding steroid dienone is 6. The van der Waals surface area contributed by atoms with Gasteiger partial charge in [0.1, 0.15) is 0 Å². The molecule has 0 fully saturated rings. The van der Waals surface area contributed by atoms with Gasteiger partial charge in [0.25, 0.3) is 0 Å². The van der Waals surface area contributed by atoms with Gasteiger partial charge in [-0.1, -0.05) is 24.3 Å². The lowest BCUT2D eigenvalue weighted by atomic mass is 10.0. The third-order valence-electron chi connectivity index (χ3n) is 2.09. The second kappa shape index (κ2) is 2.89. The van der Waals surface area contributed by atoms with E-state index in [9.17, 15) is 0 Å². The number of hydrogen-bond donors (Lipinski definition) is 2. The third-order valence-corrected chi connectivity index (χ3v) is 2.09. The van der Waals surface area contributed by atoms with Crippen molar-refractivity contribution in [1.82, 2.24) is 10.9 Å². The van der Waals surface area contributed by atoms with Crippen molar-refractivity contribution < 1.29 is 0 Å². The first kappa shape index (κ1) is 7.22. The molecule has 0 amide bonds. The van der Waals surface area contributed by atoms with Gasteiger partial charge in [0.05, 0.1) is 0 Å². The first-order valence-electron chi connectivity index (χ1n) is 4.13. The molecule has 0 aromatic rings. The molecule has 12 heavy (non-hydrogen) atoms. The molecular formula is C10H12N2. The summed E-state index contributed by atoms with van der Waals surface area (Å²) < 4.78 is 0. The number of hydrazine groups is 1. The van der Waals surface area contributed by atoms with E-state index in [4.69, 9.17) is 0 Å². The molecule has 0 saturated heterocycles. The van der Waals surface area contributed by atoms with Crippen molar-refractivity contribution in [1.29, 1.82) is 0 Å². The molecule has 0 atom stereocenters. The summed E-state index contributed by atoms with van der Waals surface area (Å²) in [7, 11) is 0. The zero-order chi connectivity index (χ0) is 8.39. The molecule has 1 heterocycles. The Kier molecular flexibility index (Phi) is 1.74. The van der Waals surface area contributed by atoms with Crippen LogP contribution in [-0.2, 0) is 0 Å². The Bertz CT molecular complexity index is 306. The predicted octanol–water partition coefficient (Wildman–Crippen LogP) is 1.77. The van der Waals surface area contributed by atoms with E-state index < -0.39 is 0 Å². The summed E-state index contributed by atoms with van der Waals surface area (Å²) in [5, 5.41) is 0. The topological polar surface area (TPSA) is 24.1 Å². The number of hydrogen-bond acceptors (Lipinski definition) is 2. The maximum Gasteiger partial charge on any atom is 0.0427 e. The predicted molar refractivity (Wildman–Crippen MR) is 50.0 cm³/mol. The van der Waals surface area contributed by atoms with E-state index in [0.717, 1.165) is 6.42 Å². The van der Waals surface area contributed by atoms with Crippen LogP contribution in [0.4, 0.5) is 0 Å². The smallest absolute Gasteiger partial charge is 0.0427 e.